The van der Waals surface area contributed by atoms with E-state index in [9.17, 15) is 10.2 Å². The molecular weight excluding hydrogens is 204 g/mol. The molecule has 0 radical (unpaired) electrons. The van der Waals surface area contributed by atoms with Crippen LogP contribution in [0, 0.1) is 0 Å². The Hall–Kier alpha value is -0.610. The lowest BCUT2D eigenvalue weighted by molar-refractivity contribution is -0.0152. The Kier molecular flexibility index (Phi) is 4.35. The summed E-state index contributed by atoms with van der Waals surface area (Å²) in [4.78, 5) is 0. The van der Waals surface area contributed by atoms with E-state index in [4.69, 9.17) is 16.7 Å². The molecule has 0 heterocycles. The fraction of sp³-hybridized carbons (Fsp3) is 0.400. The summed E-state index contributed by atoms with van der Waals surface area (Å²) in [6.45, 7) is -0.466. The number of alkyl halides is 1. The lowest BCUT2D eigenvalue weighted by Gasteiger charge is -2.16. The Balaban J connectivity index is 2.83. The number of hydrogen-bond acceptors (Lipinski definition) is 3. The minimum atomic E-state index is -1.15. The molecule has 0 amide bonds. The zero-order chi connectivity index (χ0) is 10.6. The number of aliphatic hydroxyl groups excluding tert-OH is 3. The molecule has 1 aromatic rings. The highest BCUT2D eigenvalue weighted by Crippen LogP contribution is 2.18. The van der Waals surface area contributed by atoms with Crippen LogP contribution in [0.2, 0.25) is 0 Å². The lowest BCUT2D eigenvalue weighted by Crippen LogP contribution is -2.22. The largest absolute Gasteiger partial charge is 0.394 e. The summed E-state index contributed by atoms with van der Waals surface area (Å²) in [5.41, 5.74) is 1.43. The van der Waals surface area contributed by atoms with Crippen LogP contribution < -0.4 is 0 Å². The summed E-state index contributed by atoms with van der Waals surface area (Å²) in [6.07, 6.45) is -2.22. The van der Waals surface area contributed by atoms with E-state index in [1.54, 1.807) is 18.2 Å². The Bertz CT molecular complexity index is 290. The van der Waals surface area contributed by atoms with Gasteiger partial charge < -0.3 is 15.3 Å². The van der Waals surface area contributed by atoms with E-state index < -0.39 is 18.8 Å². The van der Waals surface area contributed by atoms with Crippen molar-refractivity contribution in [2.45, 2.75) is 18.1 Å². The van der Waals surface area contributed by atoms with Crippen LogP contribution in [0.25, 0.3) is 0 Å². The smallest absolute Gasteiger partial charge is 0.107 e. The van der Waals surface area contributed by atoms with Crippen molar-refractivity contribution in [3.63, 3.8) is 0 Å². The van der Waals surface area contributed by atoms with Gasteiger partial charge in [0, 0.05) is 5.88 Å². The standard InChI is InChI=1S/C10H13ClO3/c11-5-7-2-1-3-8(4-7)10(14)9(13)6-12/h1-4,9-10,12-14H,5-6H2. The Morgan fingerprint density at radius 3 is 2.57 bits per heavy atom. The van der Waals surface area contributed by atoms with Crippen molar-refractivity contribution < 1.29 is 15.3 Å². The van der Waals surface area contributed by atoms with Crippen LogP contribution in [0.5, 0.6) is 0 Å². The van der Waals surface area contributed by atoms with Crippen molar-refractivity contribution >= 4 is 11.6 Å². The molecule has 0 aromatic heterocycles. The van der Waals surface area contributed by atoms with Crippen LogP contribution in [0.4, 0.5) is 0 Å². The molecule has 0 saturated heterocycles. The van der Waals surface area contributed by atoms with Gasteiger partial charge in [-0.1, -0.05) is 24.3 Å². The Labute approximate surface area is 87.6 Å². The molecule has 0 aliphatic carbocycles. The van der Waals surface area contributed by atoms with Crippen molar-refractivity contribution in [3.05, 3.63) is 35.4 Å². The number of hydrogen-bond donors (Lipinski definition) is 3. The molecule has 0 aliphatic heterocycles. The van der Waals surface area contributed by atoms with Gasteiger partial charge in [0.25, 0.3) is 0 Å². The summed E-state index contributed by atoms with van der Waals surface area (Å²) in [5.74, 6) is 0.357. The molecule has 3 nitrogen and oxygen atoms in total. The highest BCUT2D eigenvalue weighted by atomic mass is 35.5. The van der Waals surface area contributed by atoms with Crippen LogP contribution in [0.3, 0.4) is 0 Å². The Morgan fingerprint density at radius 1 is 1.29 bits per heavy atom. The first kappa shape index (κ1) is 11.5. The second-order valence-electron chi connectivity index (χ2n) is 3.07. The van der Waals surface area contributed by atoms with Crippen molar-refractivity contribution in [2.24, 2.45) is 0 Å². The average molecular weight is 217 g/mol. The topological polar surface area (TPSA) is 60.7 Å². The highest BCUT2D eigenvalue weighted by Gasteiger charge is 2.17. The molecule has 2 unspecified atom stereocenters. The molecular formula is C10H13ClO3. The molecule has 0 aliphatic rings. The maximum atomic E-state index is 9.56. The van der Waals surface area contributed by atoms with E-state index >= 15 is 0 Å². The summed E-state index contributed by atoms with van der Waals surface area (Å²) in [5, 5.41) is 27.4. The molecule has 0 spiro atoms. The minimum Gasteiger partial charge on any atom is -0.394 e. The van der Waals surface area contributed by atoms with Crippen molar-refractivity contribution in [1.29, 1.82) is 0 Å². The van der Waals surface area contributed by atoms with E-state index in [1.165, 1.54) is 0 Å². The van der Waals surface area contributed by atoms with Gasteiger partial charge in [0.2, 0.25) is 0 Å². The monoisotopic (exact) mass is 216 g/mol. The number of rotatable bonds is 4. The average Bonchev–Trinajstić information content (AvgIpc) is 2.27. The van der Waals surface area contributed by atoms with E-state index in [1.807, 2.05) is 6.07 Å². The third kappa shape index (κ3) is 2.69. The fourth-order valence-corrected chi connectivity index (χ4v) is 1.35. The third-order valence-corrected chi connectivity index (χ3v) is 2.31. The van der Waals surface area contributed by atoms with Gasteiger partial charge in [0.05, 0.1) is 6.61 Å². The van der Waals surface area contributed by atoms with E-state index in [0.29, 0.717) is 11.4 Å². The van der Waals surface area contributed by atoms with Gasteiger partial charge in [-0.05, 0) is 11.1 Å². The van der Waals surface area contributed by atoms with Crippen LogP contribution in [0.15, 0.2) is 24.3 Å². The molecule has 1 aromatic carbocycles. The summed E-state index contributed by atoms with van der Waals surface area (Å²) in [7, 11) is 0. The second kappa shape index (κ2) is 5.32. The first-order valence-electron chi connectivity index (χ1n) is 4.31. The van der Waals surface area contributed by atoms with E-state index in [-0.39, 0.29) is 0 Å². The summed E-state index contributed by atoms with van der Waals surface area (Å²) in [6, 6.07) is 6.96. The van der Waals surface area contributed by atoms with Gasteiger partial charge in [-0.3, -0.25) is 0 Å². The highest BCUT2D eigenvalue weighted by molar-refractivity contribution is 6.17. The Morgan fingerprint density at radius 2 is 2.00 bits per heavy atom. The van der Waals surface area contributed by atoms with Crippen molar-refractivity contribution in [1.82, 2.24) is 0 Å². The zero-order valence-electron chi connectivity index (χ0n) is 7.60. The first-order chi connectivity index (χ1) is 6.69. The molecule has 0 bridgehead atoms. The van der Waals surface area contributed by atoms with Crippen LogP contribution >= 0.6 is 11.6 Å². The van der Waals surface area contributed by atoms with Gasteiger partial charge >= 0.3 is 0 Å². The maximum Gasteiger partial charge on any atom is 0.107 e. The van der Waals surface area contributed by atoms with Gasteiger partial charge in [0.1, 0.15) is 12.2 Å². The fourth-order valence-electron chi connectivity index (χ4n) is 1.18. The molecule has 4 heteroatoms. The molecule has 3 N–H and O–H groups in total. The molecule has 0 saturated carbocycles. The molecule has 2 atom stereocenters. The minimum absolute atomic E-state index is 0.357. The second-order valence-corrected chi connectivity index (χ2v) is 3.34. The van der Waals surface area contributed by atoms with Gasteiger partial charge in [-0.15, -0.1) is 11.6 Å². The number of halogens is 1. The van der Waals surface area contributed by atoms with Crippen molar-refractivity contribution in [3.8, 4) is 0 Å². The summed E-state index contributed by atoms with van der Waals surface area (Å²) >= 11 is 5.62. The number of benzene rings is 1. The van der Waals surface area contributed by atoms with Crippen molar-refractivity contribution in [2.75, 3.05) is 6.61 Å². The van der Waals surface area contributed by atoms with E-state index in [2.05, 4.69) is 0 Å². The van der Waals surface area contributed by atoms with Gasteiger partial charge in [-0.25, -0.2) is 0 Å². The number of aliphatic hydroxyl groups is 3. The van der Waals surface area contributed by atoms with Gasteiger partial charge in [-0.2, -0.15) is 0 Å². The quantitative estimate of drug-likeness (QED) is 0.653. The molecule has 14 heavy (non-hydrogen) atoms. The SMILES string of the molecule is OCC(O)C(O)c1cccc(CCl)c1. The third-order valence-electron chi connectivity index (χ3n) is 2.00. The lowest BCUT2D eigenvalue weighted by atomic mass is 10.0. The van der Waals surface area contributed by atoms with Crippen LogP contribution in [-0.2, 0) is 5.88 Å². The summed E-state index contributed by atoms with van der Waals surface area (Å²) < 4.78 is 0. The normalized spacial score (nSPS) is 15.1. The molecule has 0 fully saturated rings. The molecule has 78 valence electrons. The van der Waals surface area contributed by atoms with Crippen LogP contribution in [-0.4, -0.2) is 28.0 Å². The van der Waals surface area contributed by atoms with Crippen LogP contribution in [0.1, 0.15) is 17.2 Å². The zero-order valence-corrected chi connectivity index (χ0v) is 8.35. The first-order valence-corrected chi connectivity index (χ1v) is 4.84. The van der Waals surface area contributed by atoms with E-state index in [0.717, 1.165) is 5.56 Å². The predicted molar refractivity (Wildman–Crippen MR) is 54.1 cm³/mol. The van der Waals surface area contributed by atoms with Gasteiger partial charge in [0.15, 0.2) is 0 Å². The molecule has 1 rings (SSSR count). The maximum absolute atomic E-state index is 9.56. The predicted octanol–water partition coefficient (Wildman–Crippen LogP) is 0.812.